The van der Waals surface area contributed by atoms with E-state index in [-0.39, 0.29) is 11.2 Å². The smallest absolute Gasteiger partial charge is 0.230 e. The van der Waals surface area contributed by atoms with Crippen molar-refractivity contribution < 1.29 is 4.79 Å². The molecule has 0 bridgehead atoms. The number of hydrogen-bond acceptors (Lipinski definition) is 4. The van der Waals surface area contributed by atoms with Crippen LogP contribution in [0, 0.1) is 0 Å². The Morgan fingerprint density at radius 3 is 2.85 bits per heavy atom. The number of nitrogens with two attached hydrogens (primary N) is 1. The van der Waals surface area contributed by atoms with Crippen molar-refractivity contribution in [2.75, 3.05) is 0 Å². The van der Waals surface area contributed by atoms with Gasteiger partial charge in [-0.1, -0.05) is 35.5 Å². The average molecular weight is 311 g/mol. The number of carbonyl (C=O) groups is 1. The first-order valence-electron chi connectivity index (χ1n) is 6.18. The third-order valence-electron chi connectivity index (χ3n) is 2.80. The van der Waals surface area contributed by atoms with Gasteiger partial charge in [0.15, 0.2) is 11.0 Å². The van der Waals surface area contributed by atoms with Crippen LogP contribution in [-0.4, -0.2) is 25.9 Å². The Labute approximate surface area is 126 Å². The molecule has 0 radical (unpaired) electrons. The molecule has 2 aromatic rings. The second kappa shape index (κ2) is 6.28. The lowest BCUT2D eigenvalue weighted by molar-refractivity contribution is -0.117. The molecule has 0 fully saturated rings. The zero-order chi connectivity index (χ0) is 14.7. The summed E-state index contributed by atoms with van der Waals surface area (Å²) in [5.41, 5.74) is 6.17. The summed E-state index contributed by atoms with van der Waals surface area (Å²) in [6, 6.07) is 7.44. The van der Waals surface area contributed by atoms with Gasteiger partial charge in [-0.05, 0) is 26.0 Å². The van der Waals surface area contributed by atoms with Crippen LogP contribution in [0.1, 0.15) is 13.8 Å². The van der Waals surface area contributed by atoms with Crippen LogP contribution in [0.5, 0.6) is 0 Å². The fourth-order valence-corrected chi connectivity index (χ4v) is 2.77. The summed E-state index contributed by atoms with van der Waals surface area (Å²) in [4.78, 5) is 11.2. The van der Waals surface area contributed by atoms with Crippen molar-refractivity contribution in [1.82, 2.24) is 14.8 Å². The van der Waals surface area contributed by atoms with E-state index in [1.165, 1.54) is 11.8 Å². The van der Waals surface area contributed by atoms with Gasteiger partial charge in [0.2, 0.25) is 5.91 Å². The maximum Gasteiger partial charge on any atom is 0.230 e. The molecule has 1 atom stereocenters. The van der Waals surface area contributed by atoms with Gasteiger partial charge in [0.1, 0.15) is 0 Å². The molecule has 1 aromatic heterocycles. The third-order valence-corrected chi connectivity index (χ3v) is 4.13. The van der Waals surface area contributed by atoms with Crippen molar-refractivity contribution >= 4 is 29.3 Å². The standard InChI is InChI=1S/C13H15ClN4OS/c1-3-18-12(9-5-4-6-10(14)7-9)16-17-13(18)20-8(2)11(15)19/h4-8H,3H2,1-2H3,(H2,15,19)/t8-/m0/s1. The molecule has 1 heterocycles. The highest BCUT2D eigenvalue weighted by molar-refractivity contribution is 8.00. The van der Waals surface area contributed by atoms with Crippen LogP contribution in [0.25, 0.3) is 11.4 Å². The van der Waals surface area contributed by atoms with Gasteiger partial charge in [-0.3, -0.25) is 4.79 Å². The second-order valence-corrected chi connectivity index (χ2v) is 5.97. The van der Waals surface area contributed by atoms with E-state index in [9.17, 15) is 4.79 Å². The monoisotopic (exact) mass is 310 g/mol. The molecule has 2 N–H and O–H groups in total. The molecule has 5 nitrogen and oxygen atoms in total. The van der Waals surface area contributed by atoms with Crippen LogP contribution >= 0.6 is 23.4 Å². The SMILES string of the molecule is CCn1c(S[C@@H](C)C(N)=O)nnc1-c1cccc(Cl)c1. The van der Waals surface area contributed by atoms with E-state index in [1.54, 1.807) is 6.92 Å². The Morgan fingerprint density at radius 1 is 1.50 bits per heavy atom. The highest BCUT2D eigenvalue weighted by Crippen LogP contribution is 2.27. The van der Waals surface area contributed by atoms with Crippen LogP contribution in [0.2, 0.25) is 5.02 Å². The summed E-state index contributed by atoms with van der Waals surface area (Å²) < 4.78 is 1.94. The number of rotatable bonds is 5. The highest BCUT2D eigenvalue weighted by atomic mass is 35.5. The highest BCUT2D eigenvalue weighted by Gasteiger charge is 2.18. The van der Waals surface area contributed by atoms with E-state index in [2.05, 4.69) is 10.2 Å². The van der Waals surface area contributed by atoms with Gasteiger partial charge >= 0.3 is 0 Å². The number of amides is 1. The van der Waals surface area contributed by atoms with Crippen molar-refractivity contribution in [3.05, 3.63) is 29.3 Å². The predicted molar refractivity (Wildman–Crippen MR) is 80.7 cm³/mol. The lowest BCUT2D eigenvalue weighted by Crippen LogP contribution is -2.23. The van der Waals surface area contributed by atoms with Crippen LogP contribution in [0.4, 0.5) is 0 Å². The molecule has 0 saturated carbocycles. The third kappa shape index (κ3) is 3.13. The molecule has 1 aromatic carbocycles. The van der Waals surface area contributed by atoms with E-state index < -0.39 is 0 Å². The summed E-state index contributed by atoms with van der Waals surface area (Å²) in [7, 11) is 0. The number of aromatic nitrogens is 3. The zero-order valence-electron chi connectivity index (χ0n) is 11.2. The summed E-state index contributed by atoms with van der Waals surface area (Å²) >= 11 is 7.30. The molecule has 0 saturated heterocycles. The number of nitrogens with zero attached hydrogens (tertiary/aromatic N) is 3. The van der Waals surface area contributed by atoms with Crippen molar-refractivity contribution in [3.8, 4) is 11.4 Å². The van der Waals surface area contributed by atoms with Gasteiger partial charge in [0.05, 0.1) is 5.25 Å². The lowest BCUT2D eigenvalue weighted by atomic mass is 10.2. The normalized spacial score (nSPS) is 12.3. The minimum absolute atomic E-state index is 0.350. The molecule has 2 rings (SSSR count). The molecule has 0 unspecified atom stereocenters. The van der Waals surface area contributed by atoms with E-state index in [0.717, 1.165) is 11.4 Å². The zero-order valence-corrected chi connectivity index (χ0v) is 12.8. The van der Waals surface area contributed by atoms with E-state index in [4.69, 9.17) is 17.3 Å². The number of halogens is 1. The maximum atomic E-state index is 11.2. The number of thioether (sulfide) groups is 1. The number of carbonyl (C=O) groups excluding carboxylic acids is 1. The van der Waals surface area contributed by atoms with Gasteiger partial charge in [-0.2, -0.15) is 0 Å². The van der Waals surface area contributed by atoms with Gasteiger partial charge in [-0.15, -0.1) is 10.2 Å². The van der Waals surface area contributed by atoms with Gasteiger partial charge in [-0.25, -0.2) is 0 Å². The lowest BCUT2D eigenvalue weighted by Gasteiger charge is -2.09. The molecule has 7 heteroatoms. The van der Waals surface area contributed by atoms with Crippen LogP contribution in [0.3, 0.4) is 0 Å². The largest absolute Gasteiger partial charge is 0.369 e. The molecule has 20 heavy (non-hydrogen) atoms. The molecule has 0 aliphatic carbocycles. The van der Waals surface area contributed by atoms with Crippen LogP contribution in [-0.2, 0) is 11.3 Å². The van der Waals surface area contributed by atoms with Crippen molar-refractivity contribution in [1.29, 1.82) is 0 Å². The minimum atomic E-state index is -0.370. The molecular weight excluding hydrogens is 296 g/mol. The predicted octanol–water partition coefficient (Wildman–Crippen LogP) is 2.58. The number of benzene rings is 1. The molecule has 106 valence electrons. The summed E-state index contributed by atoms with van der Waals surface area (Å²) in [6.45, 7) is 4.44. The van der Waals surface area contributed by atoms with E-state index in [0.29, 0.717) is 16.7 Å². The molecule has 0 spiro atoms. The number of hydrogen-bond donors (Lipinski definition) is 1. The van der Waals surface area contributed by atoms with Crippen LogP contribution < -0.4 is 5.73 Å². The topological polar surface area (TPSA) is 73.8 Å². The summed E-state index contributed by atoms with van der Waals surface area (Å²) in [5, 5.41) is 9.30. The van der Waals surface area contributed by atoms with Crippen molar-refractivity contribution in [2.24, 2.45) is 5.73 Å². The fourth-order valence-electron chi connectivity index (χ4n) is 1.72. The summed E-state index contributed by atoms with van der Waals surface area (Å²) in [6.07, 6.45) is 0. The molecule has 0 aliphatic rings. The molecule has 1 amide bonds. The second-order valence-electron chi connectivity index (χ2n) is 4.22. The van der Waals surface area contributed by atoms with E-state index in [1.807, 2.05) is 35.8 Å². The first-order chi connectivity index (χ1) is 9.52. The first-order valence-corrected chi connectivity index (χ1v) is 7.43. The first kappa shape index (κ1) is 14.9. The van der Waals surface area contributed by atoms with Gasteiger partial charge in [0, 0.05) is 17.1 Å². The molecular formula is C13H15ClN4OS. The van der Waals surface area contributed by atoms with Crippen LogP contribution in [0.15, 0.2) is 29.4 Å². The van der Waals surface area contributed by atoms with Gasteiger partial charge in [0.25, 0.3) is 0 Å². The average Bonchev–Trinajstić information content (AvgIpc) is 2.81. The number of primary amides is 1. The maximum absolute atomic E-state index is 11.2. The van der Waals surface area contributed by atoms with Gasteiger partial charge < -0.3 is 10.3 Å². The fraction of sp³-hybridized carbons (Fsp3) is 0.308. The Hall–Kier alpha value is -1.53. The Balaban J connectivity index is 2.37. The quantitative estimate of drug-likeness (QED) is 0.861. The molecule has 0 aliphatic heterocycles. The van der Waals surface area contributed by atoms with Crippen molar-refractivity contribution in [3.63, 3.8) is 0 Å². The minimum Gasteiger partial charge on any atom is -0.369 e. The Bertz CT molecular complexity index is 629. The van der Waals surface area contributed by atoms with E-state index >= 15 is 0 Å². The Kier molecular flexibility index (Phi) is 4.67. The summed E-state index contributed by atoms with van der Waals surface area (Å²) in [5.74, 6) is 0.360. The Morgan fingerprint density at radius 2 is 2.25 bits per heavy atom. The van der Waals surface area contributed by atoms with Crippen molar-refractivity contribution in [2.45, 2.75) is 30.8 Å².